The van der Waals surface area contributed by atoms with Gasteiger partial charge in [-0.2, -0.15) is 5.10 Å². The van der Waals surface area contributed by atoms with Gasteiger partial charge in [-0.25, -0.2) is 4.79 Å². The number of nitrogens with one attached hydrogen (secondary N) is 2. The normalized spacial score (nSPS) is 22.5. The maximum Gasteiger partial charge on any atom is 0.407 e. The Morgan fingerprint density at radius 1 is 1.06 bits per heavy atom. The number of pyridine rings is 1. The van der Waals surface area contributed by atoms with Gasteiger partial charge in [0.2, 0.25) is 5.78 Å². The third kappa shape index (κ3) is 10.6. The van der Waals surface area contributed by atoms with Gasteiger partial charge >= 0.3 is 12.1 Å². The van der Waals surface area contributed by atoms with Gasteiger partial charge in [0.05, 0.1) is 60.4 Å². The number of aliphatic hydroxyl groups excluding tert-OH is 2. The van der Waals surface area contributed by atoms with Gasteiger partial charge in [0, 0.05) is 53.7 Å². The second-order valence-corrected chi connectivity index (χ2v) is 17.8. The summed E-state index contributed by atoms with van der Waals surface area (Å²) in [4.78, 5) is 70.1. The van der Waals surface area contributed by atoms with E-state index in [1.807, 2.05) is 0 Å². The number of aliphatic hydroxyl groups is 3. The molecule has 64 heavy (non-hydrogen) atoms. The predicted octanol–water partition coefficient (Wildman–Crippen LogP) is 1.50. The molecule has 6 atom stereocenters. The number of esters is 1. The summed E-state index contributed by atoms with van der Waals surface area (Å²) in [6.45, 7) is 0.516. The van der Waals surface area contributed by atoms with E-state index in [9.17, 15) is 49.5 Å². The van der Waals surface area contributed by atoms with E-state index in [1.165, 1.54) is 60.0 Å². The molecule has 0 bridgehead atoms. The van der Waals surface area contributed by atoms with Crippen LogP contribution in [0.3, 0.4) is 0 Å². The number of carbonyl (C=O) groups excluding carboxylic acids is 5. The first kappa shape index (κ1) is 48.1. The van der Waals surface area contributed by atoms with Crippen molar-refractivity contribution in [2.75, 3.05) is 38.4 Å². The molecular weight excluding hydrogens is 899 g/mol. The minimum Gasteiger partial charge on any atom is -0.507 e. The van der Waals surface area contributed by atoms with E-state index in [-0.39, 0.29) is 59.2 Å². The van der Waals surface area contributed by atoms with Gasteiger partial charge < -0.3 is 60.3 Å². The number of thiocarbonyl (C=S) groups is 1. The number of benzene rings is 2. The van der Waals surface area contributed by atoms with Crippen LogP contribution in [0, 0.1) is 0 Å². The van der Waals surface area contributed by atoms with Crippen LogP contribution in [0.25, 0.3) is 0 Å². The molecular formula is C41H45N5O15S3. The van der Waals surface area contributed by atoms with Gasteiger partial charge in [-0.3, -0.25) is 29.6 Å². The first-order valence-electron chi connectivity index (χ1n) is 19.7. The SMILES string of the molecule is COc1cccc2c1C(=O)c1c(O)c3c(c(O)c1C2=O)CC(O)(C(=O)CO)C[C@H]3OC1CC(NC(=O)OCCSSCCOC(=O)Cc2cccnc2/C=N/NC(N)=S)C(O)C(C)O1. The molecule has 2 heterocycles. The standard InChI is InChI=1S/C41H45N5O15S3/c1-19-34(50)23(45-40(55)59-10-12-64-63-11-9-58-28(49)13-20-5-4-8-43-24(20)17-44-46-39(42)62)14-29(60-19)61-26-16-41(56,27(48)18-47)15-22-31(26)38(54)33-32(36(22)52)35(51)21-6-3-7-25(57-2)30(21)37(33)53/h3-8,17,19,23,26,29,34,47,50,52,54,56H,9-16,18H2,1-2H3,(H,45,55)(H3,42,46,62)/b44-17+/t19?,23?,26-,29?,34?,41?/m1/s1. The van der Waals surface area contributed by atoms with Crippen LogP contribution in [0.1, 0.15) is 80.1 Å². The first-order chi connectivity index (χ1) is 30.6. The number of amides is 1. The van der Waals surface area contributed by atoms with Gasteiger partial charge in [0.25, 0.3) is 0 Å². The molecule has 0 radical (unpaired) electrons. The summed E-state index contributed by atoms with van der Waals surface area (Å²) in [6, 6.07) is 6.67. The van der Waals surface area contributed by atoms with Crippen molar-refractivity contribution in [3.05, 3.63) is 81.2 Å². The highest BCUT2D eigenvalue weighted by molar-refractivity contribution is 8.76. The lowest BCUT2D eigenvalue weighted by atomic mass is 9.72. The zero-order valence-electron chi connectivity index (χ0n) is 34.3. The Labute approximate surface area is 378 Å². The molecule has 23 heteroatoms. The number of carbonyl (C=O) groups is 5. The smallest absolute Gasteiger partial charge is 0.407 e. The molecule has 3 aromatic rings. The van der Waals surface area contributed by atoms with Crippen molar-refractivity contribution in [3.63, 3.8) is 0 Å². The Bertz CT molecular complexity index is 2350. The highest BCUT2D eigenvalue weighted by Gasteiger charge is 2.50. The van der Waals surface area contributed by atoms with Crippen LogP contribution in [-0.4, -0.2) is 140 Å². The van der Waals surface area contributed by atoms with Crippen molar-refractivity contribution >= 4 is 74.5 Å². The van der Waals surface area contributed by atoms with Crippen molar-refractivity contribution in [1.82, 2.24) is 15.7 Å². The van der Waals surface area contributed by atoms with Crippen LogP contribution in [-0.2, 0) is 41.4 Å². The van der Waals surface area contributed by atoms with E-state index in [0.717, 1.165) is 0 Å². The number of fused-ring (bicyclic) bond motifs is 3. The summed E-state index contributed by atoms with van der Waals surface area (Å²) in [5, 5.41) is 62.1. The van der Waals surface area contributed by atoms with Crippen molar-refractivity contribution in [3.8, 4) is 17.2 Å². The lowest BCUT2D eigenvalue weighted by Crippen LogP contribution is -2.56. The minimum absolute atomic E-state index is 0.0192. The number of rotatable bonds is 17. The molecule has 1 fully saturated rings. The number of ketones is 3. The number of alkyl carbamates (subject to hydrolysis) is 1. The van der Waals surface area contributed by atoms with Crippen LogP contribution in [0.15, 0.2) is 41.6 Å². The summed E-state index contributed by atoms with van der Waals surface area (Å²) in [5.41, 5.74) is 4.64. The number of hydrazone groups is 1. The minimum atomic E-state index is -2.37. The molecule has 2 aliphatic carbocycles. The van der Waals surface area contributed by atoms with Gasteiger partial charge in [0.1, 0.15) is 48.8 Å². The highest BCUT2D eigenvalue weighted by atomic mass is 33.1. The summed E-state index contributed by atoms with van der Waals surface area (Å²) >= 11 is 4.71. The molecule has 6 rings (SSSR count). The monoisotopic (exact) mass is 943 g/mol. The fourth-order valence-electron chi connectivity index (χ4n) is 7.61. The molecule has 20 nitrogen and oxygen atoms in total. The molecule has 1 saturated heterocycles. The second kappa shape index (κ2) is 21.1. The summed E-state index contributed by atoms with van der Waals surface area (Å²) in [7, 11) is 4.06. The molecule has 5 unspecified atom stereocenters. The molecule has 1 aromatic heterocycles. The Balaban J connectivity index is 1.04. The number of phenolic OH excluding ortho intramolecular Hbond substituents is 2. The summed E-state index contributed by atoms with van der Waals surface area (Å²) in [6.07, 6.45) is -4.42. The lowest BCUT2D eigenvalue weighted by Gasteiger charge is -2.42. The average molecular weight is 944 g/mol. The van der Waals surface area contributed by atoms with Gasteiger partial charge in [-0.05, 0) is 36.8 Å². The number of ether oxygens (including phenoxy) is 5. The Kier molecular flexibility index (Phi) is 15.8. The zero-order chi connectivity index (χ0) is 46.3. The molecule has 0 spiro atoms. The van der Waals surface area contributed by atoms with Crippen LogP contribution >= 0.6 is 33.8 Å². The van der Waals surface area contributed by atoms with E-state index < -0.39 is 108 Å². The van der Waals surface area contributed by atoms with E-state index in [4.69, 9.17) is 41.6 Å². The quantitative estimate of drug-likeness (QED) is 0.0141. The Morgan fingerprint density at radius 3 is 2.48 bits per heavy atom. The summed E-state index contributed by atoms with van der Waals surface area (Å²) < 4.78 is 28.1. The van der Waals surface area contributed by atoms with Gasteiger partial charge in [-0.15, -0.1) is 0 Å². The fraction of sp³-hybridized carbons (Fsp3) is 0.415. The average Bonchev–Trinajstić information content (AvgIpc) is 3.26. The molecule has 0 saturated carbocycles. The van der Waals surface area contributed by atoms with Gasteiger partial charge in [0.15, 0.2) is 23.0 Å². The van der Waals surface area contributed by atoms with Gasteiger partial charge in [-0.1, -0.05) is 39.8 Å². The number of nitrogens with zero attached hydrogens (tertiary/aromatic N) is 2. The number of aromatic nitrogens is 1. The van der Waals surface area contributed by atoms with Crippen LogP contribution in [0.4, 0.5) is 4.79 Å². The highest BCUT2D eigenvalue weighted by Crippen LogP contribution is 2.52. The molecule has 2 aromatic carbocycles. The number of methoxy groups -OCH3 is 1. The topological polar surface area (TPSA) is 308 Å². The Hall–Kier alpha value is -5.40. The van der Waals surface area contributed by atoms with Crippen LogP contribution < -0.4 is 21.2 Å². The maximum atomic E-state index is 14.0. The summed E-state index contributed by atoms with van der Waals surface area (Å²) in [5.74, 6) is -3.82. The zero-order valence-corrected chi connectivity index (χ0v) is 36.8. The third-order valence-corrected chi connectivity index (χ3v) is 13.0. The van der Waals surface area contributed by atoms with E-state index in [1.54, 1.807) is 18.3 Å². The van der Waals surface area contributed by atoms with Crippen LogP contribution in [0.2, 0.25) is 0 Å². The first-order valence-corrected chi connectivity index (χ1v) is 22.6. The molecule has 1 aliphatic heterocycles. The number of Topliss-reactive ketones (excluding diaryl/α,β-unsaturated/α-hetero) is 1. The number of aromatic hydroxyl groups is 2. The number of hydrogen-bond acceptors (Lipinski definition) is 20. The lowest BCUT2D eigenvalue weighted by molar-refractivity contribution is -0.249. The Morgan fingerprint density at radius 2 is 1.78 bits per heavy atom. The third-order valence-electron chi connectivity index (χ3n) is 10.6. The fourth-order valence-corrected chi connectivity index (χ4v) is 9.31. The van der Waals surface area contributed by atoms with E-state index >= 15 is 0 Å². The number of nitrogens with two attached hydrogens (primary N) is 1. The van der Waals surface area contributed by atoms with Crippen molar-refractivity contribution in [2.45, 2.75) is 68.9 Å². The largest absolute Gasteiger partial charge is 0.507 e. The molecule has 3 aliphatic rings. The number of hydrogen-bond donors (Lipinski definition) is 8. The van der Waals surface area contributed by atoms with E-state index in [0.29, 0.717) is 22.8 Å². The molecule has 9 N–H and O–H groups in total. The van der Waals surface area contributed by atoms with E-state index in [2.05, 4.69) is 20.8 Å². The van der Waals surface area contributed by atoms with Crippen molar-refractivity contribution in [2.24, 2.45) is 10.8 Å². The van der Waals surface area contributed by atoms with Crippen molar-refractivity contribution < 1.29 is 73.2 Å². The van der Waals surface area contributed by atoms with Crippen LogP contribution in [0.5, 0.6) is 17.2 Å². The second-order valence-electron chi connectivity index (χ2n) is 14.7. The molecule has 342 valence electrons. The molecule has 1 amide bonds. The maximum absolute atomic E-state index is 14.0. The predicted molar refractivity (Wildman–Crippen MR) is 233 cm³/mol. The van der Waals surface area contributed by atoms with Crippen molar-refractivity contribution in [1.29, 1.82) is 0 Å². The number of phenols is 2.